The molecular formula is C12H27N3O2S. The van der Waals surface area contributed by atoms with E-state index in [0.29, 0.717) is 25.0 Å². The molecule has 2 unspecified atom stereocenters. The van der Waals surface area contributed by atoms with Crippen molar-refractivity contribution in [3.63, 3.8) is 0 Å². The maximum Gasteiger partial charge on any atom is 0.211 e. The number of nitrogens with one attached hydrogen (secondary N) is 1. The predicted octanol–water partition coefficient (Wildman–Crippen LogP) is 0.198. The lowest BCUT2D eigenvalue weighted by Crippen LogP contribution is -2.44. The van der Waals surface area contributed by atoms with Gasteiger partial charge in [0.05, 0.1) is 6.26 Å². The first-order chi connectivity index (χ1) is 8.30. The molecule has 1 aliphatic heterocycles. The summed E-state index contributed by atoms with van der Waals surface area (Å²) in [6, 6.07) is 0.500. The lowest BCUT2D eigenvalue weighted by molar-refractivity contribution is 0.249. The predicted molar refractivity (Wildman–Crippen MR) is 75.2 cm³/mol. The summed E-state index contributed by atoms with van der Waals surface area (Å²) in [5.41, 5.74) is 0. The molecule has 1 rings (SSSR count). The van der Waals surface area contributed by atoms with Crippen LogP contribution in [0.3, 0.4) is 0 Å². The fourth-order valence-corrected chi connectivity index (χ4v) is 3.12. The van der Waals surface area contributed by atoms with Gasteiger partial charge >= 0.3 is 0 Å². The van der Waals surface area contributed by atoms with Gasteiger partial charge in [0, 0.05) is 25.7 Å². The number of likely N-dealkylation sites (N-methyl/N-ethyl adjacent to an activating group) is 1. The maximum absolute atomic E-state index is 11.5. The van der Waals surface area contributed by atoms with Crippen LogP contribution in [0.2, 0.25) is 0 Å². The Balaban J connectivity index is 2.31. The van der Waals surface area contributed by atoms with Crippen LogP contribution in [0.25, 0.3) is 0 Å². The molecule has 0 saturated carbocycles. The van der Waals surface area contributed by atoms with Gasteiger partial charge in [-0.2, -0.15) is 0 Å². The van der Waals surface area contributed by atoms with Gasteiger partial charge in [0.15, 0.2) is 0 Å². The minimum Gasteiger partial charge on any atom is -0.315 e. The normalized spacial score (nSPS) is 24.4. The van der Waals surface area contributed by atoms with E-state index >= 15 is 0 Å². The van der Waals surface area contributed by atoms with E-state index in [0.717, 1.165) is 25.9 Å². The molecule has 2 atom stereocenters. The van der Waals surface area contributed by atoms with Crippen molar-refractivity contribution >= 4 is 10.0 Å². The lowest BCUT2D eigenvalue weighted by Gasteiger charge is -2.31. The van der Waals surface area contributed by atoms with E-state index < -0.39 is 10.0 Å². The van der Waals surface area contributed by atoms with E-state index in [-0.39, 0.29) is 0 Å². The fourth-order valence-electron chi connectivity index (χ4n) is 2.17. The highest BCUT2D eigenvalue weighted by molar-refractivity contribution is 7.88. The quantitative estimate of drug-likeness (QED) is 0.753. The summed E-state index contributed by atoms with van der Waals surface area (Å²) in [5.74, 6) is 0.447. The minimum atomic E-state index is -3.02. The standard InChI is InChI=1S/C12H27N3O2S/c1-11(14(2)3)8-13-9-12-6-5-7-15(10-12)18(4,16)17/h11-13H,5-10H2,1-4H3. The Morgan fingerprint density at radius 3 is 2.67 bits per heavy atom. The number of rotatable bonds is 6. The molecule has 1 fully saturated rings. The highest BCUT2D eigenvalue weighted by Crippen LogP contribution is 2.17. The van der Waals surface area contributed by atoms with Gasteiger partial charge in [-0.05, 0) is 46.3 Å². The zero-order valence-electron chi connectivity index (χ0n) is 12.0. The number of hydrogen-bond donors (Lipinski definition) is 1. The molecule has 0 spiro atoms. The average Bonchev–Trinajstić information content (AvgIpc) is 2.28. The maximum atomic E-state index is 11.5. The Morgan fingerprint density at radius 2 is 2.11 bits per heavy atom. The molecule has 0 aromatic carbocycles. The monoisotopic (exact) mass is 277 g/mol. The summed E-state index contributed by atoms with van der Waals surface area (Å²) >= 11 is 0. The zero-order valence-corrected chi connectivity index (χ0v) is 12.8. The zero-order chi connectivity index (χ0) is 13.8. The molecular weight excluding hydrogens is 250 g/mol. The first-order valence-electron chi connectivity index (χ1n) is 6.63. The van der Waals surface area contributed by atoms with Crippen LogP contribution in [0.5, 0.6) is 0 Å². The van der Waals surface area contributed by atoms with Crippen LogP contribution in [-0.2, 0) is 10.0 Å². The molecule has 0 amide bonds. The van der Waals surface area contributed by atoms with Crippen LogP contribution in [-0.4, -0.2) is 70.2 Å². The van der Waals surface area contributed by atoms with Gasteiger partial charge in [-0.3, -0.25) is 0 Å². The van der Waals surface area contributed by atoms with E-state index in [2.05, 4.69) is 31.2 Å². The van der Waals surface area contributed by atoms with Gasteiger partial charge in [-0.15, -0.1) is 0 Å². The second kappa shape index (κ2) is 6.84. The van der Waals surface area contributed by atoms with Crippen molar-refractivity contribution < 1.29 is 8.42 Å². The second-order valence-electron chi connectivity index (χ2n) is 5.60. The van der Waals surface area contributed by atoms with Crippen LogP contribution in [0.1, 0.15) is 19.8 Å². The highest BCUT2D eigenvalue weighted by atomic mass is 32.2. The van der Waals surface area contributed by atoms with Crippen molar-refractivity contribution in [1.29, 1.82) is 0 Å². The van der Waals surface area contributed by atoms with Crippen LogP contribution < -0.4 is 5.32 Å². The lowest BCUT2D eigenvalue weighted by atomic mass is 10.00. The van der Waals surface area contributed by atoms with E-state index in [1.54, 1.807) is 4.31 Å². The summed E-state index contributed by atoms with van der Waals surface area (Å²) in [6.07, 6.45) is 3.40. The summed E-state index contributed by atoms with van der Waals surface area (Å²) < 4.78 is 24.6. The summed E-state index contributed by atoms with van der Waals surface area (Å²) in [4.78, 5) is 2.18. The first kappa shape index (κ1) is 15.9. The number of hydrogen-bond acceptors (Lipinski definition) is 4. The molecule has 0 aromatic rings. The molecule has 6 heteroatoms. The van der Waals surface area contributed by atoms with Crippen molar-refractivity contribution in [1.82, 2.24) is 14.5 Å². The third kappa shape index (κ3) is 5.22. The van der Waals surface area contributed by atoms with Crippen molar-refractivity contribution in [3.8, 4) is 0 Å². The van der Waals surface area contributed by atoms with E-state index in [1.807, 2.05) is 0 Å². The SMILES string of the molecule is CC(CNCC1CCCN(S(C)(=O)=O)C1)N(C)C. The highest BCUT2D eigenvalue weighted by Gasteiger charge is 2.25. The fraction of sp³-hybridized carbons (Fsp3) is 1.00. The van der Waals surface area contributed by atoms with Gasteiger partial charge in [0.1, 0.15) is 0 Å². The minimum absolute atomic E-state index is 0.447. The van der Waals surface area contributed by atoms with Crippen molar-refractivity contribution in [2.24, 2.45) is 5.92 Å². The third-order valence-corrected chi connectivity index (χ3v) is 4.97. The molecule has 1 saturated heterocycles. The number of nitrogens with zero attached hydrogens (tertiary/aromatic N) is 2. The number of sulfonamides is 1. The van der Waals surface area contributed by atoms with Gasteiger partial charge in [-0.25, -0.2) is 12.7 Å². The third-order valence-electron chi connectivity index (χ3n) is 3.71. The smallest absolute Gasteiger partial charge is 0.211 e. The Labute approximate surface area is 112 Å². The molecule has 5 nitrogen and oxygen atoms in total. The van der Waals surface area contributed by atoms with E-state index in [1.165, 1.54) is 6.26 Å². The van der Waals surface area contributed by atoms with Crippen molar-refractivity contribution in [3.05, 3.63) is 0 Å². The Hall–Kier alpha value is -0.170. The van der Waals surface area contributed by atoms with Crippen molar-refractivity contribution in [2.45, 2.75) is 25.8 Å². The van der Waals surface area contributed by atoms with Gasteiger partial charge in [0.2, 0.25) is 10.0 Å². The first-order valence-corrected chi connectivity index (χ1v) is 8.47. The Morgan fingerprint density at radius 1 is 1.44 bits per heavy atom. The van der Waals surface area contributed by atoms with Crippen LogP contribution in [0.4, 0.5) is 0 Å². The average molecular weight is 277 g/mol. The topological polar surface area (TPSA) is 52.7 Å². The van der Waals surface area contributed by atoms with Gasteiger partial charge in [0.25, 0.3) is 0 Å². The van der Waals surface area contributed by atoms with E-state index in [4.69, 9.17) is 0 Å². The van der Waals surface area contributed by atoms with Crippen LogP contribution in [0.15, 0.2) is 0 Å². The Kier molecular flexibility index (Phi) is 6.04. The Bertz CT molecular complexity index is 343. The molecule has 0 aromatic heterocycles. The summed E-state index contributed by atoms with van der Waals surface area (Å²) in [7, 11) is 1.12. The molecule has 108 valence electrons. The molecule has 18 heavy (non-hydrogen) atoms. The second-order valence-corrected chi connectivity index (χ2v) is 7.58. The van der Waals surface area contributed by atoms with Gasteiger partial charge < -0.3 is 10.2 Å². The van der Waals surface area contributed by atoms with Crippen LogP contribution in [0, 0.1) is 5.92 Å². The largest absolute Gasteiger partial charge is 0.315 e. The molecule has 1 heterocycles. The molecule has 1 N–H and O–H groups in total. The van der Waals surface area contributed by atoms with Crippen LogP contribution >= 0.6 is 0 Å². The van der Waals surface area contributed by atoms with Gasteiger partial charge in [-0.1, -0.05) is 0 Å². The number of piperidine rings is 1. The molecule has 1 aliphatic rings. The molecule has 0 radical (unpaired) electrons. The summed E-state index contributed by atoms with van der Waals surface area (Å²) in [6.45, 7) is 5.38. The van der Waals surface area contributed by atoms with E-state index in [9.17, 15) is 8.42 Å². The molecule has 0 aliphatic carbocycles. The van der Waals surface area contributed by atoms with Crippen molar-refractivity contribution in [2.75, 3.05) is 46.5 Å². The summed E-state index contributed by atoms with van der Waals surface area (Å²) in [5, 5.41) is 3.45. The molecule has 0 bridgehead atoms.